The van der Waals surface area contributed by atoms with E-state index in [9.17, 15) is 10.2 Å². The van der Waals surface area contributed by atoms with Crippen LogP contribution in [0.25, 0.3) is 0 Å². The molecule has 0 bridgehead atoms. The summed E-state index contributed by atoms with van der Waals surface area (Å²) in [5.74, 6) is 5.18. The molecular formula is C30H54O2. The smallest absolute Gasteiger partial charge is 0.0648 e. The van der Waals surface area contributed by atoms with Gasteiger partial charge in [-0.1, -0.05) is 54.4 Å². The van der Waals surface area contributed by atoms with Gasteiger partial charge in [0.25, 0.3) is 0 Å². The van der Waals surface area contributed by atoms with Crippen molar-refractivity contribution in [2.45, 2.75) is 137 Å². The Morgan fingerprint density at radius 2 is 1.66 bits per heavy atom. The zero-order chi connectivity index (χ0) is 23.3. The van der Waals surface area contributed by atoms with Crippen molar-refractivity contribution in [3.05, 3.63) is 0 Å². The maximum absolute atomic E-state index is 11.3. The SMILES string of the molecule is CC[C@]1(O)CC[C@@]2(C)[C@@H](CC([C@H](C)CC[C@H](O)C(C)C)[C@@H]3[C@@H]4CCC[C@]4(CC)CC[C@@H]32)C1. The van der Waals surface area contributed by atoms with Crippen LogP contribution in [0.2, 0.25) is 0 Å². The molecule has 32 heavy (non-hydrogen) atoms. The molecule has 0 radical (unpaired) electrons. The first-order valence-corrected chi connectivity index (χ1v) is 14.5. The van der Waals surface area contributed by atoms with Gasteiger partial charge in [0.15, 0.2) is 0 Å². The van der Waals surface area contributed by atoms with Crippen LogP contribution in [0.1, 0.15) is 125 Å². The molecule has 4 aliphatic carbocycles. The predicted molar refractivity (Wildman–Crippen MR) is 134 cm³/mol. The summed E-state index contributed by atoms with van der Waals surface area (Å²) in [6.07, 6.45) is 16.2. The lowest BCUT2D eigenvalue weighted by molar-refractivity contribution is -0.177. The highest BCUT2D eigenvalue weighted by Gasteiger charge is 2.62. The molecule has 4 rings (SSSR count). The minimum atomic E-state index is -0.423. The van der Waals surface area contributed by atoms with Gasteiger partial charge in [-0.15, -0.1) is 0 Å². The molecule has 4 aliphatic rings. The van der Waals surface area contributed by atoms with E-state index in [-0.39, 0.29) is 6.10 Å². The molecule has 0 heterocycles. The van der Waals surface area contributed by atoms with Gasteiger partial charge in [0.05, 0.1) is 11.7 Å². The maximum Gasteiger partial charge on any atom is 0.0648 e. The number of hydrogen-bond donors (Lipinski definition) is 2. The number of rotatable bonds is 7. The van der Waals surface area contributed by atoms with Crippen molar-refractivity contribution in [2.24, 2.45) is 52.3 Å². The van der Waals surface area contributed by atoms with E-state index in [1.165, 1.54) is 57.8 Å². The maximum atomic E-state index is 11.3. The lowest BCUT2D eigenvalue weighted by Gasteiger charge is -2.65. The molecule has 0 aliphatic heterocycles. The van der Waals surface area contributed by atoms with Crippen molar-refractivity contribution in [3.63, 3.8) is 0 Å². The zero-order valence-corrected chi connectivity index (χ0v) is 22.2. The summed E-state index contributed by atoms with van der Waals surface area (Å²) in [6, 6.07) is 0. The van der Waals surface area contributed by atoms with Crippen molar-refractivity contribution in [3.8, 4) is 0 Å². The molecule has 0 aromatic heterocycles. The second-order valence-corrected chi connectivity index (χ2v) is 13.7. The molecule has 4 saturated carbocycles. The van der Waals surface area contributed by atoms with Gasteiger partial charge in [0.2, 0.25) is 0 Å². The van der Waals surface area contributed by atoms with Gasteiger partial charge >= 0.3 is 0 Å². The van der Waals surface area contributed by atoms with Crippen LogP contribution in [-0.2, 0) is 0 Å². The molecule has 0 saturated heterocycles. The molecule has 4 fully saturated rings. The van der Waals surface area contributed by atoms with Crippen molar-refractivity contribution in [2.75, 3.05) is 0 Å². The second kappa shape index (κ2) is 9.18. The number of aliphatic hydroxyl groups is 2. The molecule has 0 amide bonds. The third-order valence-corrected chi connectivity index (χ3v) is 12.2. The number of fused-ring (bicyclic) bond motifs is 5. The fourth-order valence-corrected chi connectivity index (χ4v) is 9.71. The second-order valence-electron chi connectivity index (χ2n) is 13.7. The van der Waals surface area contributed by atoms with E-state index < -0.39 is 5.60 Å². The topological polar surface area (TPSA) is 40.5 Å². The fraction of sp³-hybridized carbons (Fsp3) is 1.00. The first-order chi connectivity index (χ1) is 15.1. The van der Waals surface area contributed by atoms with E-state index in [0.29, 0.717) is 28.6 Å². The Bertz CT molecular complexity index is 645. The van der Waals surface area contributed by atoms with Gasteiger partial charge in [-0.25, -0.2) is 0 Å². The van der Waals surface area contributed by atoms with E-state index >= 15 is 0 Å². The highest BCUT2D eigenvalue weighted by atomic mass is 16.3. The lowest BCUT2D eigenvalue weighted by atomic mass is 9.40. The van der Waals surface area contributed by atoms with Gasteiger partial charge in [-0.05, 0) is 123 Å². The van der Waals surface area contributed by atoms with E-state index in [2.05, 4.69) is 41.5 Å². The molecule has 186 valence electrons. The Hall–Kier alpha value is -0.0800. The quantitative estimate of drug-likeness (QED) is 0.422. The summed E-state index contributed by atoms with van der Waals surface area (Å²) in [5.41, 5.74) is 0.634. The van der Waals surface area contributed by atoms with Gasteiger partial charge in [-0.2, -0.15) is 0 Å². The standard InChI is InChI=1S/C30H54O2/c1-7-29-14-9-10-25(29)27-23(21(5)11-12-26(31)20(3)4)18-22-19-30(32,8-2)17-16-28(22,6)24(27)13-15-29/h20-27,31-32H,7-19H2,1-6H3/t21-,22+,23?,24+,25+,26+,27+,28+,29-,30+/m1/s1. The Labute approximate surface area is 199 Å². The molecule has 10 atom stereocenters. The largest absolute Gasteiger partial charge is 0.393 e. The van der Waals surface area contributed by atoms with Crippen LogP contribution in [0.15, 0.2) is 0 Å². The minimum Gasteiger partial charge on any atom is -0.393 e. The van der Waals surface area contributed by atoms with Crippen LogP contribution in [0.3, 0.4) is 0 Å². The van der Waals surface area contributed by atoms with Crippen LogP contribution >= 0.6 is 0 Å². The Kier molecular flexibility index (Phi) is 7.18. The molecule has 0 aromatic rings. The van der Waals surface area contributed by atoms with Crippen LogP contribution in [-0.4, -0.2) is 21.9 Å². The highest BCUT2D eigenvalue weighted by molar-refractivity contribution is 5.12. The Balaban J connectivity index is 1.64. The first-order valence-electron chi connectivity index (χ1n) is 14.5. The van der Waals surface area contributed by atoms with Crippen molar-refractivity contribution in [1.29, 1.82) is 0 Å². The summed E-state index contributed by atoms with van der Waals surface area (Å²) >= 11 is 0. The van der Waals surface area contributed by atoms with E-state index in [1.54, 1.807) is 0 Å². The van der Waals surface area contributed by atoms with Gasteiger partial charge < -0.3 is 10.2 Å². The average Bonchev–Trinajstić information content (AvgIpc) is 3.22. The third-order valence-electron chi connectivity index (χ3n) is 12.2. The minimum absolute atomic E-state index is 0.158. The average molecular weight is 447 g/mol. The summed E-state index contributed by atoms with van der Waals surface area (Å²) in [4.78, 5) is 0. The van der Waals surface area contributed by atoms with Crippen molar-refractivity contribution < 1.29 is 10.2 Å². The van der Waals surface area contributed by atoms with E-state index in [4.69, 9.17) is 0 Å². The van der Waals surface area contributed by atoms with Crippen LogP contribution < -0.4 is 0 Å². The molecule has 0 aromatic carbocycles. The normalized spacial score (nSPS) is 48.1. The highest BCUT2D eigenvalue weighted by Crippen LogP contribution is 2.70. The monoisotopic (exact) mass is 446 g/mol. The molecule has 2 heteroatoms. The van der Waals surface area contributed by atoms with Gasteiger partial charge in [0, 0.05) is 0 Å². The fourth-order valence-electron chi connectivity index (χ4n) is 9.71. The number of aliphatic hydroxyl groups excluding tert-OH is 1. The summed E-state index contributed by atoms with van der Waals surface area (Å²) in [5, 5.41) is 21.8. The summed E-state index contributed by atoms with van der Waals surface area (Å²) in [7, 11) is 0. The molecule has 0 spiro atoms. The van der Waals surface area contributed by atoms with Crippen molar-refractivity contribution >= 4 is 0 Å². The van der Waals surface area contributed by atoms with E-state index in [1.807, 2.05) is 0 Å². The molecule has 2 nitrogen and oxygen atoms in total. The first kappa shape index (κ1) is 25.0. The lowest BCUT2D eigenvalue weighted by Crippen LogP contribution is -2.59. The van der Waals surface area contributed by atoms with Gasteiger partial charge in [-0.3, -0.25) is 0 Å². The molecular weight excluding hydrogens is 392 g/mol. The van der Waals surface area contributed by atoms with Crippen LogP contribution in [0, 0.1) is 52.3 Å². The van der Waals surface area contributed by atoms with Crippen LogP contribution in [0.5, 0.6) is 0 Å². The molecule has 2 N–H and O–H groups in total. The molecule has 1 unspecified atom stereocenters. The van der Waals surface area contributed by atoms with E-state index in [0.717, 1.165) is 49.4 Å². The van der Waals surface area contributed by atoms with Crippen LogP contribution in [0.4, 0.5) is 0 Å². The van der Waals surface area contributed by atoms with Gasteiger partial charge in [0.1, 0.15) is 0 Å². The third kappa shape index (κ3) is 4.12. The Morgan fingerprint density at radius 1 is 0.906 bits per heavy atom. The van der Waals surface area contributed by atoms with Crippen molar-refractivity contribution in [1.82, 2.24) is 0 Å². The summed E-state index contributed by atoms with van der Waals surface area (Å²) in [6.45, 7) is 14.1. The zero-order valence-electron chi connectivity index (χ0n) is 22.2. The summed E-state index contributed by atoms with van der Waals surface area (Å²) < 4.78 is 0. The predicted octanol–water partition coefficient (Wildman–Crippen LogP) is 7.61. The Morgan fingerprint density at radius 3 is 2.31 bits per heavy atom. The number of hydrogen-bond acceptors (Lipinski definition) is 2.